The summed E-state index contributed by atoms with van der Waals surface area (Å²) in [5, 5.41) is 27.2. The van der Waals surface area contributed by atoms with E-state index in [9.17, 15) is 0 Å². The van der Waals surface area contributed by atoms with E-state index in [1.54, 1.807) is 0 Å². The van der Waals surface area contributed by atoms with Gasteiger partial charge in [-0.05, 0) is 72.2 Å². The Morgan fingerprint density at radius 1 is 0.474 bits per heavy atom. The van der Waals surface area contributed by atoms with Crippen LogP contribution in [-0.2, 0) is 11.1 Å². The minimum absolute atomic E-state index is 0.000444. The zero-order chi connectivity index (χ0) is 25.4. The molecule has 0 aromatic carbocycles. The normalized spacial score (nSPS) is 27.8. The van der Waals surface area contributed by atoms with Gasteiger partial charge >= 0.3 is 0 Å². The van der Waals surface area contributed by atoms with Gasteiger partial charge in [-0.2, -0.15) is 0 Å². The second-order valence-electron chi connectivity index (χ2n) is 12.9. The largest absolute Gasteiger partial charge is 0.288 e. The van der Waals surface area contributed by atoms with E-state index in [2.05, 4.69) is 40.0 Å². The fourth-order valence-electron chi connectivity index (χ4n) is 8.99. The number of rotatable bonds is 6. The first-order valence-electron chi connectivity index (χ1n) is 15.9. The molecule has 2 aromatic heterocycles. The van der Waals surface area contributed by atoms with E-state index in [0.717, 1.165) is 37.8 Å². The first kappa shape index (κ1) is 25.1. The van der Waals surface area contributed by atoms with Gasteiger partial charge < -0.3 is 0 Å². The molecule has 38 heavy (non-hydrogen) atoms. The van der Waals surface area contributed by atoms with Gasteiger partial charge in [0, 0.05) is 26.2 Å². The summed E-state index contributed by atoms with van der Waals surface area (Å²) in [7, 11) is 0. The molecule has 10 heteroatoms. The van der Waals surface area contributed by atoms with Crippen LogP contribution in [0, 0.1) is 0 Å². The standard InChI is InChI=1S/C28H46N10/c1-3-11-23(12-4-1)37-25(29-31-33-37)27(15-7-8-16-27)35-19-21-36(22-20-35)28(17-9-10-18-28)26-30-32-34-38(26)24-13-5-2-6-14-24/h23-24H,1-22H2. The Morgan fingerprint density at radius 2 is 0.842 bits per heavy atom. The molecular weight excluding hydrogens is 476 g/mol. The SMILES string of the molecule is C1CCC(n2nnnc2C2(N3CCN(C4(c5nnnn5C5CCCCC5)CCCC4)CC3)CCCC2)CC1. The zero-order valence-corrected chi connectivity index (χ0v) is 23.2. The van der Waals surface area contributed by atoms with Crippen molar-refractivity contribution in [2.24, 2.45) is 0 Å². The Balaban J connectivity index is 1.13. The zero-order valence-electron chi connectivity index (χ0n) is 23.2. The maximum Gasteiger partial charge on any atom is 0.171 e. The highest BCUT2D eigenvalue weighted by atomic mass is 15.6. The molecule has 3 heterocycles. The molecule has 5 fully saturated rings. The number of hydrogen-bond donors (Lipinski definition) is 0. The van der Waals surface area contributed by atoms with E-state index in [1.807, 2.05) is 0 Å². The van der Waals surface area contributed by atoms with Crippen LogP contribution in [0.25, 0.3) is 0 Å². The van der Waals surface area contributed by atoms with Crippen LogP contribution in [0.5, 0.6) is 0 Å². The van der Waals surface area contributed by atoms with Crippen molar-refractivity contribution >= 4 is 0 Å². The van der Waals surface area contributed by atoms with E-state index in [-0.39, 0.29) is 11.1 Å². The van der Waals surface area contributed by atoms with Crippen molar-refractivity contribution in [2.75, 3.05) is 26.2 Å². The van der Waals surface area contributed by atoms with Crippen molar-refractivity contribution in [3.8, 4) is 0 Å². The van der Waals surface area contributed by atoms with E-state index in [1.165, 1.54) is 116 Å². The van der Waals surface area contributed by atoms with Gasteiger partial charge in [0.2, 0.25) is 0 Å². The molecule has 0 amide bonds. The van der Waals surface area contributed by atoms with Gasteiger partial charge in [-0.3, -0.25) is 9.80 Å². The summed E-state index contributed by atoms with van der Waals surface area (Å²) in [5.74, 6) is 2.32. The molecule has 1 aliphatic heterocycles. The van der Waals surface area contributed by atoms with E-state index in [4.69, 9.17) is 10.2 Å². The van der Waals surface area contributed by atoms with Crippen LogP contribution in [0.4, 0.5) is 0 Å². The molecule has 0 radical (unpaired) electrons. The van der Waals surface area contributed by atoms with Gasteiger partial charge in [-0.15, -0.1) is 10.2 Å². The molecule has 4 aliphatic carbocycles. The van der Waals surface area contributed by atoms with Gasteiger partial charge in [0.1, 0.15) is 0 Å². The van der Waals surface area contributed by atoms with Gasteiger partial charge in [-0.1, -0.05) is 64.2 Å². The molecule has 208 valence electrons. The van der Waals surface area contributed by atoms with Crippen molar-refractivity contribution in [3.05, 3.63) is 11.6 Å². The van der Waals surface area contributed by atoms with Crippen molar-refractivity contribution in [2.45, 2.75) is 139 Å². The van der Waals surface area contributed by atoms with Crippen LogP contribution in [0.1, 0.15) is 139 Å². The lowest BCUT2D eigenvalue weighted by molar-refractivity contribution is -0.0261. The summed E-state index contributed by atoms with van der Waals surface area (Å²) >= 11 is 0. The van der Waals surface area contributed by atoms with E-state index < -0.39 is 0 Å². The molecule has 0 spiro atoms. The average Bonchev–Trinajstić information content (AvgIpc) is 3.81. The van der Waals surface area contributed by atoms with Gasteiger partial charge in [-0.25, -0.2) is 9.36 Å². The summed E-state index contributed by atoms with van der Waals surface area (Å²) in [6.07, 6.45) is 22.7. The van der Waals surface area contributed by atoms with Crippen molar-refractivity contribution in [3.63, 3.8) is 0 Å². The fourth-order valence-corrected chi connectivity index (χ4v) is 8.99. The van der Waals surface area contributed by atoms with Crippen LogP contribution in [0.15, 0.2) is 0 Å². The predicted molar refractivity (Wildman–Crippen MR) is 143 cm³/mol. The topological polar surface area (TPSA) is 93.7 Å². The number of aromatic nitrogens is 8. The first-order chi connectivity index (χ1) is 18.8. The Kier molecular flexibility index (Phi) is 6.96. The third-order valence-corrected chi connectivity index (χ3v) is 11.0. The minimum Gasteiger partial charge on any atom is -0.288 e. The van der Waals surface area contributed by atoms with Crippen LogP contribution in [0.2, 0.25) is 0 Å². The molecule has 0 atom stereocenters. The van der Waals surface area contributed by atoms with Gasteiger partial charge in [0.05, 0.1) is 23.2 Å². The Morgan fingerprint density at radius 3 is 1.21 bits per heavy atom. The quantitative estimate of drug-likeness (QED) is 0.546. The lowest BCUT2D eigenvalue weighted by Crippen LogP contribution is -2.60. The third-order valence-electron chi connectivity index (χ3n) is 11.0. The summed E-state index contributed by atoms with van der Waals surface area (Å²) in [6.45, 7) is 4.29. The summed E-state index contributed by atoms with van der Waals surface area (Å²) < 4.78 is 4.52. The molecule has 7 rings (SSSR count). The molecule has 4 saturated carbocycles. The van der Waals surface area contributed by atoms with E-state index in [0.29, 0.717) is 12.1 Å². The second-order valence-corrected chi connectivity index (χ2v) is 12.9. The summed E-state index contributed by atoms with van der Waals surface area (Å²) in [6, 6.07) is 0.959. The summed E-state index contributed by atoms with van der Waals surface area (Å²) in [5.41, 5.74) is -0.000889. The maximum absolute atomic E-state index is 4.75. The van der Waals surface area contributed by atoms with Crippen LogP contribution in [-0.4, -0.2) is 76.4 Å². The average molecular weight is 523 g/mol. The molecule has 0 unspecified atom stereocenters. The van der Waals surface area contributed by atoms with Gasteiger partial charge in [0.15, 0.2) is 11.6 Å². The monoisotopic (exact) mass is 522 g/mol. The minimum atomic E-state index is -0.000444. The molecule has 0 N–H and O–H groups in total. The molecule has 10 nitrogen and oxygen atoms in total. The smallest absolute Gasteiger partial charge is 0.171 e. The molecule has 5 aliphatic rings. The Hall–Kier alpha value is -1.94. The molecule has 2 aromatic rings. The molecule has 1 saturated heterocycles. The Labute approximate surface area is 226 Å². The van der Waals surface area contributed by atoms with E-state index >= 15 is 0 Å². The second kappa shape index (κ2) is 10.6. The highest BCUT2D eigenvalue weighted by molar-refractivity contribution is 5.14. The van der Waals surface area contributed by atoms with Crippen molar-refractivity contribution < 1.29 is 0 Å². The number of hydrogen-bond acceptors (Lipinski definition) is 8. The fraction of sp³-hybridized carbons (Fsp3) is 0.929. The van der Waals surface area contributed by atoms with Crippen LogP contribution in [0.3, 0.4) is 0 Å². The number of tetrazole rings is 2. The number of nitrogens with zero attached hydrogens (tertiary/aromatic N) is 10. The highest BCUT2D eigenvalue weighted by Crippen LogP contribution is 2.48. The summed E-state index contributed by atoms with van der Waals surface area (Å²) in [4.78, 5) is 5.54. The van der Waals surface area contributed by atoms with Crippen LogP contribution < -0.4 is 0 Å². The molecular formula is C28H46N10. The van der Waals surface area contributed by atoms with Crippen LogP contribution >= 0.6 is 0 Å². The third kappa shape index (κ3) is 4.21. The van der Waals surface area contributed by atoms with Crippen molar-refractivity contribution in [1.29, 1.82) is 0 Å². The molecule has 0 bridgehead atoms. The highest BCUT2D eigenvalue weighted by Gasteiger charge is 2.51. The lowest BCUT2D eigenvalue weighted by Gasteiger charge is -2.50. The first-order valence-corrected chi connectivity index (χ1v) is 15.9. The Bertz CT molecular complexity index is 961. The maximum atomic E-state index is 4.75. The number of piperazine rings is 1. The predicted octanol–water partition coefficient (Wildman–Crippen LogP) is 4.53. The van der Waals surface area contributed by atoms with Gasteiger partial charge in [0.25, 0.3) is 0 Å². The van der Waals surface area contributed by atoms with Crippen molar-refractivity contribution in [1.82, 2.24) is 50.2 Å². The lowest BCUT2D eigenvalue weighted by atomic mass is 9.88.